The van der Waals surface area contributed by atoms with Crippen LogP contribution in [0.15, 0.2) is 30.3 Å². The van der Waals surface area contributed by atoms with Crippen LogP contribution in [0.5, 0.6) is 11.6 Å². The zero-order valence-electron chi connectivity index (χ0n) is 16.1. The molecule has 146 valence electrons. The average molecular weight is 371 g/mol. The minimum Gasteiger partial charge on any atom is -0.505 e. The minimum atomic E-state index is -0.307. The highest BCUT2D eigenvalue weighted by Gasteiger charge is 2.29. The number of hydrogen-bond acceptors (Lipinski definition) is 4. The van der Waals surface area contributed by atoms with Crippen molar-refractivity contribution in [2.24, 2.45) is 5.92 Å². The predicted molar refractivity (Wildman–Crippen MR) is 105 cm³/mol. The summed E-state index contributed by atoms with van der Waals surface area (Å²) in [6.07, 6.45) is 1.58. The van der Waals surface area contributed by atoms with Gasteiger partial charge in [-0.3, -0.25) is 9.69 Å². The number of carbonyl (C=O) groups is 1. The van der Waals surface area contributed by atoms with Crippen LogP contribution < -0.4 is 0 Å². The van der Waals surface area contributed by atoms with Gasteiger partial charge in [0.2, 0.25) is 5.88 Å². The van der Waals surface area contributed by atoms with Gasteiger partial charge >= 0.3 is 0 Å². The number of hydrogen-bond donors (Lipinski definition) is 3. The summed E-state index contributed by atoms with van der Waals surface area (Å²) in [5, 5.41) is 20.5. The lowest BCUT2D eigenvalue weighted by molar-refractivity contribution is 0.0633. The molecule has 2 aromatic rings. The fraction of sp³-hybridized carbons (Fsp3) is 0.476. The van der Waals surface area contributed by atoms with E-state index in [1.54, 1.807) is 4.90 Å². The maximum Gasteiger partial charge on any atom is 0.263 e. The molecule has 3 N–H and O–H groups in total. The Morgan fingerprint density at radius 2 is 1.78 bits per heavy atom. The number of aromatic amines is 1. The summed E-state index contributed by atoms with van der Waals surface area (Å²) >= 11 is 0. The van der Waals surface area contributed by atoms with Gasteiger partial charge < -0.3 is 20.1 Å². The topological polar surface area (TPSA) is 79.8 Å². The summed E-state index contributed by atoms with van der Waals surface area (Å²) in [5.41, 5.74) is 1.84. The van der Waals surface area contributed by atoms with Crippen LogP contribution in [0, 0.1) is 5.92 Å². The molecule has 1 amide bonds. The van der Waals surface area contributed by atoms with Crippen molar-refractivity contribution in [3.05, 3.63) is 47.2 Å². The lowest BCUT2D eigenvalue weighted by Gasteiger charge is -2.34. The Morgan fingerprint density at radius 1 is 1.11 bits per heavy atom. The van der Waals surface area contributed by atoms with Gasteiger partial charge in [0.05, 0.1) is 5.69 Å². The Bertz CT molecular complexity index is 762. The molecule has 2 heterocycles. The number of aromatic nitrogens is 1. The Hall–Kier alpha value is -2.47. The fourth-order valence-corrected chi connectivity index (χ4v) is 3.55. The summed E-state index contributed by atoms with van der Waals surface area (Å²) < 4.78 is 0. The van der Waals surface area contributed by atoms with Gasteiger partial charge in [-0.05, 0) is 24.3 Å². The molecule has 6 nitrogen and oxygen atoms in total. The fourth-order valence-electron chi connectivity index (χ4n) is 3.55. The zero-order valence-corrected chi connectivity index (χ0v) is 16.1. The lowest BCUT2D eigenvalue weighted by atomic mass is 10.1. The van der Waals surface area contributed by atoms with Gasteiger partial charge in [-0.15, -0.1) is 0 Å². The van der Waals surface area contributed by atoms with Crippen LogP contribution >= 0.6 is 0 Å². The molecule has 0 saturated carbocycles. The van der Waals surface area contributed by atoms with E-state index in [9.17, 15) is 15.0 Å². The average Bonchev–Trinajstić information content (AvgIpc) is 2.93. The number of amides is 1. The zero-order chi connectivity index (χ0) is 19.4. The first kappa shape index (κ1) is 19.3. The van der Waals surface area contributed by atoms with E-state index < -0.39 is 0 Å². The Morgan fingerprint density at radius 3 is 2.41 bits per heavy atom. The summed E-state index contributed by atoms with van der Waals surface area (Å²) in [6, 6.07) is 10.4. The van der Waals surface area contributed by atoms with Crippen molar-refractivity contribution < 1.29 is 15.0 Å². The van der Waals surface area contributed by atoms with Crippen molar-refractivity contribution in [1.29, 1.82) is 0 Å². The van der Waals surface area contributed by atoms with Crippen LogP contribution in [0.3, 0.4) is 0 Å². The normalized spacial score (nSPS) is 15.4. The maximum absolute atomic E-state index is 12.8. The van der Waals surface area contributed by atoms with Crippen LogP contribution in [-0.4, -0.2) is 63.6 Å². The largest absolute Gasteiger partial charge is 0.505 e. The predicted octanol–water partition coefficient (Wildman–Crippen LogP) is 2.62. The van der Waals surface area contributed by atoms with E-state index in [0.29, 0.717) is 31.1 Å². The van der Waals surface area contributed by atoms with Crippen molar-refractivity contribution >= 4 is 5.91 Å². The van der Waals surface area contributed by atoms with Crippen molar-refractivity contribution in [3.8, 4) is 11.6 Å². The molecule has 0 atom stereocenters. The number of rotatable bonds is 6. The highest BCUT2D eigenvalue weighted by molar-refractivity contribution is 5.99. The van der Waals surface area contributed by atoms with Crippen molar-refractivity contribution in [2.75, 3.05) is 32.7 Å². The Balaban J connectivity index is 1.56. The van der Waals surface area contributed by atoms with Crippen LogP contribution in [0.1, 0.15) is 35.5 Å². The first-order chi connectivity index (χ1) is 13.0. The highest BCUT2D eigenvalue weighted by Crippen LogP contribution is 2.33. The number of carbonyl (C=O) groups excluding carboxylic acids is 1. The molecule has 1 aromatic carbocycles. The monoisotopic (exact) mass is 371 g/mol. The standard InChI is InChI=1S/C21H29N3O3/c1-15(2)14-17-19(25)18(20(26)22-17)21(27)24-12-10-23(11-13-24)9-8-16-6-4-3-5-7-16/h3-7,15,22,25-26H,8-14H2,1-2H3. The summed E-state index contributed by atoms with van der Waals surface area (Å²) in [7, 11) is 0. The number of nitrogens with one attached hydrogen (secondary N) is 1. The number of benzene rings is 1. The SMILES string of the molecule is CC(C)Cc1[nH]c(O)c(C(=O)N2CCN(CCc3ccccc3)CC2)c1O. The van der Waals surface area contributed by atoms with E-state index in [0.717, 1.165) is 26.1 Å². The molecule has 1 aromatic heterocycles. The number of piperazine rings is 1. The smallest absolute Gasteiger partial charge is 0.263 e. The van der Waals surface area contributed by atoms with Gasteiger partial charge in [-0.1, -0.05) is 44.2 Å². The van der Waals surface area contributed by atoms with Crippen molar-refractivity contribution in [2.45, 2.75) is 26.7 Å². The Labute approximate surface area is 160 Å². The minimum absolute atomic E-state index is 0.00313. The van der Waals surface area contributed by atoms with E-state index in [1.165, 1.54) is 5.56 Å². The summed E-state index contributed by atoms with van der Waals surface area (Å²) in [5.74, 6) is -0.346. The first-order valence-corrected chi connectivity index (χ1v) is 9.64. The number of aromatic hydroxyl groups is 2. The van der Waals surface area contributed by atoms with E-state index in [1.807, 2.05) is 19.9 Å². The molecule has 6 heteroatoms. The molecular weight excluding hydrogens is 342 g/mol. The van der Waals surface area contributed by atoms with Gasteiger partial charge in [0, 0.05) is 32.7 Å². The number of H-pyrrole nitrogens is 1. The number of nitrogens with zero attached hydrogens (tertiary/aromatic N) is 2. The van der Waals surface area contributed by atoms with Crippen LogP contribution in [0.4, 0.5) is 0 Å². The molecule has 0 bridgehead atoms. The highest BCUT2D eigenvalue weighted by atomic mass is 16.3. The van der Waals surface area contributed by atoms with Crippen molar-refractivity contribution in [1.82, 2.24) is 14.8 Å². The van der Waals surface area contributed by atoms with Gasteiger partial charge in [-0.25, -0.2) is 0 Å². The molecule has 27 heavy (non-hydrogen) atoms. The molecule has 0 unspecified atom stereocenters. The summed E-state index contributed by atoms with van der Waals surface area (Å²) in [4.78, 5) is 19.6. The molecule has 3 rings (SSSR count). The lowest BCUT2D eigenvalue weighted by Crippen LogP contribution is -2.49. The first-order valence-electron chi connectivity index (χ1n) is 9.64. The van der Waals surface area contributed by atoms with Crippen LogP contribution in [0.2, 0.25) is 0 Å². The molecule has 1 aliphatic rings. The van der Waals surface area contributed by atoms with Gasteiger partial charge in [0.15, 0.2) is 5.75 Å². The van der Waals surface area contributed by atoms with Gasteiger partial charge in [0.25, 0.3) is 5.91 Å². The van der Waals surface area contributed by atoms with Crippen molar-refractivity contribution in [3.63, 3.8) is 0 Å². The Kier molecular flexibility index (Phi) is 6.06. The van der Waals surface area contributed by atoms with E-state index in [2.05, 4.69) is 34.1 Å². The van der Waals surface area contributed by atoms with E-state index >= 15 is 0 Å². The maximum atomic E-state index is 12.8. The van der Waals surface area contributed by atoms with Gasteiger partial charge in [-0.2, -0.15) is 0 Å². The molecular formula is C21H29N3O3. The van der Waals surface area contributed by atoms with Gasteiger partial charge in [0.1, 0.15) is 5.56 Å². The third-order valence-electron chi connectivity index (χ3n) is 5.07. The third kappa shape index (κ3) is 4.63. The third-order valence-corrected chi connectivity index (χ3v) is 5.07. The van der Waals surface area contributed by atoms with Crippen LogP contribution in [0.25, 0.3) is 0 Å². The quantitative estimate of drug-likeness (QED) is 0.729. The van der Waals surface area contributed by atoms with Crippen LogP contribution in [-0.2, 0) is 12.8 Å². The molecule has 1 saturated heterocycles. The second-order valence-corrected chi connectivity index (χ2v) is 7.64. The second-order valence-electron chi connectivity index (χ2n) is 7.64. The molecule has 0 aliphatic carbocycles. The van der Waals surface area contributed by atoms with E-state index in [-0.39, 0.29) is 23.1 Å². The molecule has 1 fully saturated rings. The molecule has 0 radical (unpaired) electrons. The second kappa shape index (κ2) is 8.48. The molecule has 0 spiro atoms. The summed E-state index contributed by atoms with van der Waals surface area (Å²) in [6.45, 7) is 7.79. The van der Waals surface area contributed by atoms with E-state index in [4.69, 9.17) is 0 Å². The molecule has 1 aliphatic heterocycles.